The van der Waals surface area contributed by atoms with Gasteiger partial charge in [0.25, 0.3) is 0 Å². The van der Waals surface area contributed by atoms with Crippen molar-refractivity contribution in [3.8, 4) is 11.1 Å². The second-order valence-corrected chi connectivity index (χ2v) is 10.0. The van der Waals surface area contributed by atoms with E-state index in [2.05, 4.69) is 29.6 Å². The highest BCUT2D eigenvalue weighted by atomic mass is 16.5. The molecule has 1 saturated heterocycles. The lowest BCUT2D eigenvalue weighted by Gasteiger charge is -2.38. The molecular weight excluding hydrogens is 444 g/mol. The summed E-state index contributed by atoms with van der Waals surface area (Å²) >= 11 is 0. The van der Waals surface area contributed by atoms with Crippen molar-refractivity contribution in [3.63, 3.8) is 0 Å². The molecule has 3 aliphatic rings. The molecular formula is C28H32N2O5. The summed E-state index contributed by atoms with van der Waals surface area (Å²) in [6, 6.07) is 15.8. The number of carbonyl (C=O) groups is 3. The molecule has 2 aromatic rings. The summed E-state index contributed by atoms with van der Waals surface area (Å²) in [6.45, 7) is 2.60. The number of hydrogen-bond donors (Lipinski definition) is 2. The van der Waals surface area contributed by atoms with Crippen LogP contribution in [-0.2, 0) is 14.3 Å². The van der Waals surface area contributed by atoms with Crippen molar-refractivity contribution in [1.82, 2.24) is 10.2 Å². The van der Waals surface area contributed by atoms with E-state index in [1.807, 2.05) is 24.3 Å². The van der Waals surface area contributed by atoms with Gasteiger partial charge in [-0.1, -0.05) is 48.5 Å². The number of benzene rings is 2. The number of piperidine rings is 1. The van der Waals surface area contributed by atoms with Gasteiger partial charge in [0.2, 0.25) is 5.91 Å². The highest BCUT2D eigenvalue weighted by molar-refractivity contribution is 5.81. The zero-order chi connectivity index (χ0) is 24.5. The number of carbonyl (C=O) groups excluding carboxylic acids is 2. The standard InChI is InChI=1S/C28H32N2O5/c1-17-19(27(32)33)11-6-14-30(17)26(31)15-25(18-12-13-18)29-28(34)35-16-24-22-9-4-2-7-20(22)21-8-3-5-10-23(21)24/h2-5,7-10,17-19,24-25H,6,11-16H2,1H3,(H,29,34)(H,32,33). The molecule has 2 N–H and O–H groups in total. The molecule has 7 heteroatoms. The van der Waals surface area contributed by atoms with E-state index in [0.717, 1.165) is 24.0 Å². The van der Waals surface area contributed by atoms with E-state index in [1.165, 1.54) is 11.1 Å². The average molecular weight is 477 g/mol. The zero-order valence-corrected chi connectivity index (χ0v) is 20.0. The van der Waals surface area contributed by atoms with Gasteiger partial charge in [-0.25, -0.2) is 4.79 Å². The third-order valence-electron chi connectivity index (χ3n) is 7.86. The van der Waals surface area contributed by atoms with Crippen molar-refractivity contribution >= 4 is 18.0 Å². The first kappa shape index (κ1) is 23.4. The number of carboxylic acid groups (broad SMARTS) is 1. The minimum Gasteiger partial charge on any atom is -0.481 e. The van der Waals surface area contributed by atoms with Crippen molar-refractivity contribution in [2.24, 2.45) is 11.8 Å². The van der Waals surface area contributed by atoms with Crippen molar-refractivity contribution in [2.45, 2.75) is 57.0 Å². The Morgan fingerprint density at radius 2 is 1.66 bits per heavy atom. The molecule has 7 nitrogen and oxygen atoms in total. The minimum absolute atomic E-state index is 0.0173. The van der Waals surface area contributed by atoms with Gasteiger partial charge in [-0.2, -0.15) is 0 Å². The van der Waals surface area contributed by atoms with Crippen molar-refractivity contribution in [3.05, 3.63) is 59.7 Å². The van der Waals surface area contributed by atoms with Gasteiger partial charge in [0.1, 0.15) is 6.61 Å². The second kappa shape index (κ2) is 9.72. The molecule has 2 fully saturated rings. The van der Waals surface area contributed by atoms with E-state index in [4.69, 9.17) is 4.74 Å². The van der Waals surface area contributed by atoms with Crippen molar-refractivity contribution in [1.29, 1.82) is 0 Å². The van der Waals surface area contributed by atoms with Gasteiger partial charge in [-0.3, -0.25) is 9.59 Å². The average Bonchev–Trinajstić information content (AvgIpc) is 3.65. The van der Waals surface area contributed by atoms with Gasteiger partial charge in [0, 0.05) is 31.0 Å². The maximum Gasteiger partial charge on any atom is 0.407 e. The molecule has 184 valence electrons. The predicted octanol–water partition coefficient (Wildman–Crippen LogP) is 4.41. The van der Waals surface area contributed by atoms with E-state index in [1.54, 1.807) is 11.8 Å². The third kappa shape index (κ3) is 4.77. The first-order chi connectivity index (χ1) is 16.9. The molecule has 5 rings (SSSR count). The van der Waals surface area contributed by atoms with Gasteiger partial charge in [-0.15, -0.1) is 0 Å². The summed E-state index contributed by atoms with van der Waals surface area (Å²) in [5.74, 6) is -1.25. The van der Waals surface area contributed by atoms with Gasteiger partial charge >= 0.3 is 12.1 Å². The van der Waals surface area contributed by atoms with Crippen LogP contribution in [0.2, 0.25) is 0 Å². The number of carboxylic acids is 1. The normalized spacial score (nSPS) is 22.1. The molecule has 1 saturated carbocycles. The molecule has 3 atom stereocenters. The van der Waals surface area contributed by atoms with E-state index in [9.17, 15) is 19.5 Å². The van der Waals surface area contributed by atoms with Crippen molar-refractivity contribution < 1.29 is 24.2 Å². The van der Waals surface area contributed by atoms with Crippen LogP contribution in [0.15, 0.2) is 48.5 Å². The zero-order valence-electron chi connectivity index (χ0n) is 20.0. The second-order valence-electron chi connectivity index (χ2n) is 10.0. The summed E-state index contributed by atoms with van der Waals surface area (Å²) in [6.07, 6.45) is 2.87. The molecule has 2 aromatic carbocycles. The Labute approximate surface area is 205 Å². The summed E-state index contributed by atoms with van der Waals surface area (Å²) in [4.78, 5) is 39.1. The van der Waals surface area contributed by atoms with Crippen LogP contribution >= 0.6 is 0 Å². The van der Waals surface area contributed by atoms with Crippen LogP contribution < -0.4 is 5.32 Å². The van der Waals surface area contributed by atoms with Crippen LogP contribution in [0.5, 0.6) is 0 Å². The van der Waals surface area contributed by atoms with Gasteiger partial charge in [0.05, 0.1) is 5.92 Å². The smallest absolute Gasteiger partial charge is 0.407 e. The molecule has 1 heterocycles. The Morgan fingerprint density at radius 1 is 1.03 bits per heavy atom. The summed E-state index contributed by atoms with van der Waals surface area (Å²) in [5.41, 5.74) is 4.66. The number of nitrogens with one attached hydrogen (secondary N) is 1. The number of nitrogens with zero attached hydrogens (tertiary/aromatic N) is 1. The SMILES string of the molecule is CC1C(C(=O)O)CCCN1C(=O)CC(NC(=O)OCC1c2ccccc2-c2ccccc21)C1CC1. The number of alkyl carbamates (subject to hydrolysis) is 1. The van der Waals surface area contributed by atoms with Gasteiger partial charge in [0.15, 0.2) is 0 Å². The number of fused-ring (bicyclic) bond motifs is 3. The minimum atomic E-state index is -0.856. The maximum atomic E-state index is 13.1. The van der Waals surface area contributed by atoms with Crippen molar-refractivity contribution in [2.75, 3.05) is 13.2 Å². The number of ether oxygens (including phenoxy) is 1. The number of rotatable bonds is 7. The molecule has 1 aliphatic heterocycles. The summed E-state index contributed by atoms with van der Waals surface area (Å²) in [7, 11) is 0. The monoisotopic (exact) mass is 476 g/mol. The molecule has 3 unspecified atom stereocenters. The fourth-order valence-corrected chi connectivity index (χ4v) is 5.76. The lowest BCUT2D eigenvalue weighted by atomic mass is 9.89. The molecule has 35 heavy (non-hydrogen) atoms. The van der Waals surface area contributed by atoms with E-state index < -0.39 is 18.0 Å². The number of likely N-dealkylation sites (tertiary alicyclic amines) is 1. The van der Waals surface area contributed by atoms with Crippen LogP contribution in [-0.4, -0.2) is 53.2 Å². The topological polar surface area (TPSA) is 95.9 Å². The predicted molar refractivity (Wildman–Crippen MR) is 131 cm³/mol. The first-order valence-corrected chi connectivity index (χ1v) is 12.6. The van der Waals surface area contributed by atoms with Crippen LogP contribution in [0.25, 0.3) is 11.1 Å². The highest BCUT2D eigenvalue weighted by Crippen LogP contribution is 2.44. The number of hydrogen-bond acceptors (Lipinski definition) is 4. The Kier molecular flexibility index (Phi) is 6.50. The fourth-order valence-electron chi connectivity index (χ4n) is 5.76. The van der Waals surface area contributed by atoms with Crippen LogP contribution in [0.1, 0.15) is 56.1 Å². The van der Waals surface area contributed by atoms with Crippen LogP contribution in [0.3, 0.4) is 0 Å². The van der Waals surface area contributed by atoms with Gasteiger partial charge < -0.3 is 20.1 Å². The lowest BCUT2D eigenvalue weighted by Crippen LogP contribution is -2.51. The lowest BCUT2D eigenvalue weighted by molar-refractivity contribution is -0.149. The van der Waals surface area contributed by atoms with Gasteiger partial charge in [-0.05, 0) is 60.8 Å². The summed E-state index contributed by atoms with van der Waals surface area (Å²) in [5, 5.41) is 12.4. The van der Waals surface area contributed by atoms with Crippen LogP contribution in [0.4, 0.5) is 4.79 Å². The largest absolute Gasteiger partial charge is 0.481 e. The molecule has 0 bridgehead atoms. The fraction of sp³-hybridized carbons (Fsp3) is 0.464. The Morgan fingerprint density at radius 3 is 2.26 bits per heavy atom. The Hall–Kier alpha value is -3.35. The first-order valence-electron chi connectivity index (χ1n) is 12.6. The summed E-state index contributed by atoms with van der Waals surface area (Å²) < 4.78 is 5.69. The number of amides is 2. The maximum absolute atomic E-state index is 13.1. The Balaban J connectivity index is 1.21. The molecule has 2 aliphatic carbocycles. The van der Waals surface area contributed by atoms with E-state index in [0.29, 0.717) is 19.4 Å². The molecule has 2 amide bonds. The molecule has 0 radical (unpaired) electrons. The Bertz CT molecular complexity index is 1080. The third-order valence-corrected chi connectivity index (χ3v) is 7.86. The van der Waals surface area contributed by atoms with Crippen LogP contribution in [0, 0.1) is 11.8 Å². The molecule has 0 aromatic heterocycles. The quantitative estimate of drug-likeness (QED) is 0.617. The van der Waals surface area contributed by atoms with E-state index in [-0.39, 0.29) is 42.9 Å². The number of aliphatic carboxylic acids is 1. The molecule has 0 spiro atoms. The van der Waals surface area contributed by atoms with E-state index >= 15 is 0 Å². The highest BCUT2D eigenvalue weighted by Gasteiger charge is 2.39.